The van der Waals surface area contributed by atoms with Gasteiger partial charge in [-0.25, -0.2) is 4.98 Å². The van der Waals surface area contributed by atoms with E-state index in [4.69, 9.17) is 15.9 Å². The standard InChI is InChI=1S/C14H13N5O/c1-20-11-7-6-10-14(18-11)19-13(17-10)9-4-2-8(3-5-9)12(15)16/h2-7H,1H3,(H3,15,16)(H,17,18,19)/p+1. The van der Waals surface area contributed by atoms with Crippen LogP contribution in [0.15, 0.2) is 36.4 Å². The molecule has 0 bridgehead atoms. The van der Waals surface area contributed by atoms with E-state index in [0.717, 1.165) is 22.5 Å². The van der Waals surface area contributed by atoms with Gasteiger partial charge in [0.1, 0.15) is 5.82 Å². The molecule has 2 aromatic heterocycles. The minimum absolute atomic E-state index is 0.299. The van der Waals surface area contributed by atoms with Crippen LogP contribution in [-0.4, -0.2) is 27.9 Å². The van der Waals surface area contributed by atoms with Gasteiger partial charge in [-0.1, -0.05) is 12.1 Å². The number of hydrogen-bond donors (Lipinski definition) is 3. The first kappa shape index (κ1) is 12.2. The fraction of sp³-hybridized carbons (Fsp3) is 0.0714. The summed E-state index contributed by atoms with van der Waals surface area (Å²) in [5.74, 6) is 1.58. The van der Waals surface area contributed by atoms with Crippen molar-refractivity contribution in [2.75, 3.05) is 7.11 Å². The third-order valence-corrected chi connectivity index (χ3v) is 3.02. The molecular weight excluding hydrogens is 254 g/mol. The van der Waals surface area contributed by atoms with Crippen LogP contribution >= 0.6 is 0 Å². The lowest BCUT2D eigenvalue weighted by Crippen LogP contribution is -2.46. The summed E-state index contributed by atoms with van der Waals surface area (Å²) < 4.78 is 5.08. The van der Waals surface area contributed by atoms with Crippen LogP contribution in [0.5, 0.6) is 5.88 Å². The number of H-pyrrole nitrogens is 1. The molecule has 6 heteroatoms. The van der Waals surface area contributed by atoms with Crippen molar-refractivity contribution in [1.82, 2.24) is 15.0 Å². The number of methoxy groups -OCH3 is 1. The first-order chi connectivity index (χ1) is 9.67. The smallest absolute Gasteiger partial charge is 0.270 e. The zero-order valence-electron chi connectivity index (χ0n) is 10.9. The molecule has 0 unspecified atom stereocenters. The van der Waals surface area contributed by atoms with E-state index < -0.39 is 0 Å². The van der Waals surface area contributed by atoms with Crippen LogP contribution in [0.3, 0.4) is 0 Å². The molecule has 0 saturated heterocycles. The minimum Gasteiger partial charge on any atom is -0.481 e. The maximum Gasteiger partial charge on any atom is 0.270 e. The third kappa shape index (κ3) is 2.07. The largest absolute Gasteiger partial charge is 0.481 e. The van der Waals surface area contributed by atoms with Gasteiger partial charge in [-0.05, 0) is 18.2 Å². The molecule has 5 N–H and O–H groups in total. The molecule has 20 heavy (non-hydrogen) atoms. The predicted octanol–water partition coefficient (Wildman–Crippen LogP) is 0.0979. The van der Waals surface area contributed by atoms with E-state index in [0.29, 0.717) is 17.4 Å². The highest BCUT2D eigenvalue weighted by atomic mass is 16.5. The Morgan fingerprint density at radius 3 is 2.55 bits per heavy atom. The average Bonchev–Trinajstić information content (AvgIpc) is 2.90. The summed E-state index contributed by atoms with van der Waals surface area (Å²) >= 11 is 0. The van der Waals surface area contributed by atoms with Crippen molar-refractivity contribution in [3.05, 3.63) is 42.0 Å². The Hall–Kier alpha value is -2.89. The second-order valence-corrected chi connectivity index (χ2v) is 4.34. The van der Waals surface area contributed by atoms with E-state index in [-0.39, 0.29) is 0 Å². The summed E-state index contributed by atoms with van der Waals surface area (Å²) in [4.78, 5) is 11.9. The maximum atomic E-state index is 5.54. The lowest BCUT2D eigenvalue weighted by atomic mass is 10.1. The van der Waals surface area contributed by atoms with Gasteiger partial charge in [0, 0.05) is 11.6 Å². The highest BCUT2D eigenvalue weighted by Crippen LogP contribution is 2.21. The monoisotopic (exact) mass is 268 g/mol. The molecule has 0 aliphatic rings. The van der Waals surface area contributed by atoms with Crippen molar-refractivity contribution in [2.24, 2.45) is 5.73 Å². The van der Waals surface area contributed by atoms with Gasteiger partial charge in [0.15, 0.2) is 5.65 Å². The Bertz CT molecular complexity index is 776. The number of aromatic nitrogens is 3. The van der Waals surface area contributed by atoms with Crippen LogP contribution in [0.1, 0.15) is 5.56 Å². The molecule has 0 aliphatic heterocycles. The number of hydrogen-bond acceptors (Lipinski definition) is 3. The normalized spacial score (nSPS) is 10.7. The number of ether oxygens (including phenoxy) is 1. The zero-order valence-corrected chi connectivity index (χ0v) is 10.9. The summed E-state index contributed by atoms with van der Waals surface area (Å²) in [5.41, 5.74) is 8.75. The number of aromatic amines is 1. The summed E-state index contributed by atoms with van der Waals surface area (Å²) in [6.07, 6.45) is 0. The van der Waals surface area contributed by atoms with E-state index in [9.17, 15) is 0 Å². The zero-order chi connectivity index (χ0) is 14.1. The van der Waals surface area contributed by atoms with Crippen LogP contribution in [0.25, 0.3) is 22.6 Å². The number of nitrogens with one attached hydrogen (secondary N) is 1. The molecule has 1 aromatic carbocycles. The molecule has 100 valence electrons. The molecule has 0 aliphatic carbocycles. The van der Waals surface area contributed by atoms with Crippen molar-refractivity contribution in [1.29, 1.82) is 0 Å². The number of pyridine rings is 1. The van der Waals surface area contributed by atoms with Gasteiger partial charge in [-0.3, -0.25) is 11.1 Å². The number of benzene rings is 1. The average molecular weight is 268 g/mol. The van der Waals surface area contributed by atoms with E-state index >= 15 is 0 Å². The lowest BCUT2D eigenvalue weighted by molar-refractivity contribution is -0.114. The van der Waals surface area contributed by atoms with Crippen molar-refractivity contribution < 1.29 is 10.1 Å². The first-order valence-corrected chi connectivity index (χ1v) is 6.07. The Morgan fingerprint density at radius 2 is 1.90 bits per heavy atom. The van der Waals surface area contributed by atoms with E-state index in [1.807, 2.05) is 30.3 Å². The first-order valence-electron chi connectivity index (χ1n) is 6.07. The van der Waals surface area contributed by atoms with Crippen molar-refractivity contribution in [3.8, 4) is 17.3 Å². The van der Waals surface area contributed by atoms with Crippen LogP contribution < -0.4 is 15.9 Å². The summed E-state index contributed by atoms with van der Waals surface area (Å²) in [6.45, 7) is 0. The topological polar surface area (TPSA) is 102 Å². The minimum atomic E-state index is 0.299. The lowest BCUT2D eigenvalue weighted by Gasteiger charge is -1.97. The molecule has 3 rings (SSSR count). The molecule has 0 radical (unpaired) electrons. The van der Waals surface area contributed by atoms with Gasteiger partial charge in [-0.2, -0.15) is 4.98 Å². The molecule has 3 aromatic rings. The maximum absolute atomic E-state index is 5.54. The van der Waals surface area contributed by atoms with Gasteiger partial charge in [0.25, 0.3) is 5.84 Å². The van der Waals surface area contributed by atoms with Gasteiger partial charge in [0.2, 0.25) is 5.88 Å². The van der Waals surface area contributed by atoms with Crippen molar-refractivity contribution in [3.63, 3.8) is 0 Å². The number of rotatable bonds is 3. The fourth-order valence-corrected chi connectivity index (χ4v) is 1.95. The molecule has 0 saturated carbocycles. The summed E-state index contributed by atoms with van der Waals surface area (Å²) in [5, 5.41) is 5.54. The molecule has 0 spiro atoms. The molecule has 0 fully saturated rings. The number of fused-ring (bicyclic) bond motifs is 1. The highest BCUT2D eigenvalue weighted by molar-refractivity contribution is 5.93. The van der Waals surface area contributed by atoms with Crippen LogP contribution in [0.2, 0.25) is 0 Å². The van der Waals surface area contributed by atoms with E-state index in [1.165, 1.54) is 0 Å². The third-order valence-electron chi connectivity index (χ3n) is 3.02. The Kier molecular flexibility index (Phi) is 2.83. The van der Waals surface area contributed by atoms with Crippen LogP contribution in [0.4, 0.5) is 0 Å². The Balaban J connectivity index is 2.03. The Labute approximate surface area is 115 Å². The van der Waals surface area contributed by atoms with Gasteiger partial charge < -0.3 is 9.72 Å². The molecule has 0 atom stereocenters. The van der Waals surface area contributed by atoms with Gasteiger partial charge in [0.05, 0.1) is 18.2 Å². The van der Waals surface area contributed by atoms with E-state index in [1.54, 1.807) is 13.2 Å². The molecule has 2 heterocycles. The van der Waals surface area contributed by atoms with Gasteiger partial charge in [-0.15, -0.1) is 0 Å². The summed E-state index contributed by atoms with van der Waals surface area (Å²) in [6, 6.07) is 11.2. The fourth-order valence-electron chi connectivity index (χ4n) is 1.95. The van der Waals surface area contributed by atoms with Gasteiger partial charge >= 0.3 is 0 Å². The molecular formula is C14H14N5O+. The molecule has 0 amide bonds. The second-order valence-electron chi connectivity index (χ2n) is 4.34. The number of imidazole rings is 1. The number of amidine groups is 1. The van der Waals surface area contributed by atoms with Crippen molar-refractivity contribution >= 4 is 17.0 Å². The molecule has 6 nitrogen and oxygen atoms in total. The Morgan fingerprint density at radius 1 is 1.15 bits per heavy atom. The van der Waals surface area contributed by atoms with Crippen molar-refractivity contribution in [2.45, 2.75) is 0 Å². The second kappa shape index (κ2) is 4.65. The predicted molar refractivity (Wildman–Crippen MR) is 76.1 cm³/mol. The SMILES string of the molecule is COc1ccc2[nH]c(-c3ccc(C(N)=[NH2+])cc3)nc2n1. The van der Waals surface area contributed by atoms with Crippen LogP contribution in [0, 0.1) is 0 Å². The van der Waals surface area contributed by atoms with E-state index in [2.05, 4.69) is 15.0 Å². The number of nitrogens with zero attached hydrogens (tertiary/aromatic N) is 2. The number of nitrogens with two attached hydrogens (primary N) is 2. The quantitative estimate of drug-likeness (QED) is 0.463. The summed E-state index contributed by atoms with van der Waals surface area (Å²) in [7, 11) is 1.58. The van der Waals surface area contributed by atoms with Crippen LogP contribution in [-0.2, 0) is 0 Å². The highest BCUT2D eigenvalue weighted by Gasteiger charge is 2.08.